The van der Waals surface area contributed by atoms with Gasteiger partial charge in [-0.3, -0.25) is 4.79 Å². The number of amides is 1. The van der Waals surface area contributed by atoms with Gasteiger partial charge in [-0.15, -0.1) is 0 Å². The van der Waals surface area contributed by atoms with Gasteiger partial charge in [-0.25, -0.2) is 0 Å². The summed E-state index contributed by atoms with van der Waals surface area (Å²) in [5.41, 5.74) is 0.556. The van der Waals surface area contributed by atoms with Crippen LogP contribution in [0.15, 0.2) is 18.2 Å². The number of ether oxygens (including phenoxy) is 1. The summed E-state index contributed by atoms with van der Waals surface area (Å²) < 4.78 is 11.2. The zero-order valence-electron chi connectivity index (χ0n) is 33.0. The molecule has 1 aromatic carbocycles. The van der Waals surface area contributed by atoms with Crippen molar-refractivity contribution in [2.24, 2.45) is 5.92 Å². The topological polar surface area (TPSA) is 54.5 Å². The molecule has 3 heterocycles. The van der Waals surface area contributed by atoms with Crippen LogP contribution in [-0.4, -0.2) is 48.0 Å². The maximum Gasteiger partial charge on any atom is 0.271 e. The molecular formula is C45H77N3O2S. The van der Waals surface area contributed by atoms with E-state index in [1.54, 1.807) is 7.11 Å². The summed E-state index contributed by atoms with van der Waals surface area (Å²) in [5.74, 6) is 1.60. The molecule has 2 bridgehead atoms. The fraction of sp³-hybridized carbons (Fsp3) is 0.822. The fourth-order valence-electron chi connectivity index (χ4n) is 8.73. The van der Waals surface area contributed by atoms with Gasteiger partial charge in [0.1, 0.15) is 11.4 Å². The highest BCUT2D eigenvalue weighted by Crippen LogP contribution is 2.28. The predicted molar refractivity (Wildman–Crippen MR) is 220 cm³/mol. The molecule has 3 atom stereocenters. The van der Waals surface area contributed by atoms with Crippen molar-refractivity contribution in [3.63, 3.8) is 0 Å². The van der Waals surface area contributed by atoms with Crippen molar-refractivity contribution < 1.29 is 9.53 Å². The third kappa shape index (κ3) is 17.8. The molecule has 1 aromatic heterocycles. The number of carbonyl (C=O) groups excluding carboxylic acids is 1. The number of benzene rings is 1. The van der Waals surface area contributed by atoms with E-state index in [2.05, 4.69) is 14.6 Å². The van der Waals surface area contributed by atoms with Crippen LogP contribution >= 0.6 is 11.5 Å². The van der Waals surface area contributed by atoms with Crippen LogP contribution < -0.4 is 10.1 Å². The number of hydrogen-bond acceptors (Lipinski definition) is 5. The normalized spacial score (nSPS) is 25.3. The van der Waals surface area contributed by atoms with Crippen molar-refractivity contribution in [1.82, 2.24) is 14.6 Å². The summed E-state index contributed by atoms with van der Waals surface area (Å²) >= 11 is 1.41. The Morgan fingerprint density at radius 2 is 1.10 bits per heavy atom. The molecule has 0 radical (unpaired) electrons. The van der Waals surface area contributed by atoms with Crippen LogP contribution in [0, 0.1) is 5.92 Å². The van der Waals surface area contributed by atoms with E-state index in [1.165, 1.54) is 211 Å². The average molecular weight is 724 g/mol. The Morgan fingerprint density at radius 3 is 1.61 bits per heavy atom. The van der Waals surface area contributed by atoms with Gasteiger partial charge in [-0.05, 0) is 68.0 Å². The van der Waals surface area contributed by atoms with E-state index in [1.807, 2.05) is 18.2 Å². The Labute approximate surface area is 318 Å². The molecule has 290 valence electrons. The van der Waals surface area contributed by atoms with Crippen molar-refractivity contribution in [1.29, 1.82) is 0 Å². The minimum Gasteiger partial charge on any atom is -0.497 e. The largest absolute Gasteiger partial charge is 0.497 e. The molecule has 2 fully saturated rings. The highest BCUT2D eigenvalue weighted by molar-refractivity contribution is 7.13. The lowest BCUT2D eigenvalue weighted by molar-refractivity contribution is 0.0916. The molecule has 2 aromatic rings. The summed E-state index contributed by atoms with van der Waals surface area (Å²) in [7, 11) is 1.68. The molecule has 2 saturated heterocycles. The SMILES string of the molecule is COc1ccc2snc(C(=O)N[C@H]3CCCCCCCCCCC4CCCCCCCCCCCCCCCCCCCCCN(CC4)C3)c2c1. The first-order valence-corrected chi connectivity index (χ1v) is 23.0. The lowest BCUT2D eigenvalue weighted by atomic mass is 9.91. The Morgan fingerprint density at radius 1 is 0.627 bits per heavy atom. The van der Waals surface area contributed by atoms with Crippen molar-refractivity contribution >= 4 is 27.5 Å². The van der Waals surface area contributed by atoms with Gasteiger partial charge in [0.2, 0.25) is 0 Å². The summed E-state index contributed by atoms with van der Waals surface area (Å²) in [5, 5.41) is 4.43. The Hall–Kier alpha value is -1.66. The van der Waals surface area contributed by atoms with Crippen LogP contribution in [0.25, 0.3) is 10.1 Å². The van der Waals surface area contributed by atoms with Crippen LogP contribution in [0.3, 0.4) is 0 Å². The zero-order chi connectivity index (χ0) is 35.6. The quantitative estimate of drug-likeness (QED) is 0.343. The molecule has 0 spiro atoms. The van der Waals surface area contributed by atoms with Gasteiger partial charge in [-0.2, -0.15) is 4.37 Å². The number of nitrogens with zero attached hydrogens (tertiary/aromatic N) is 2. The number of rotatable bonds is 3. The van der Waals surface area contributed by atoms with Crippen molar-refractivity contribution in [3.05, 3.63) is 23.9 Å². The molecular weight excluding hydrogens is 647 g/mol. The van der Waals surface area contributed by atoms with Gasteiger partial charge in [-0.1, -0.05) is 180 Å². The molecule has 2 unspecified atom stereocenters. The highest BCUT2D eigenvalue weighted by Gasteiger charge is 2.22. The van der Waals surface area contributed by atoms with Gasteiger partial charge in [0.05, 0.1) is 11.8 Å². The second kappa shape index (κ2) is 27.0. The molecule has 2 aliphatic rings. The monoisotopic (exact) mass is 724 g/mol. The minimum absolute atomic E-state index is 0.0201. The molecule has 51 heavy (non-hydrogen) atoms. The van der Waals surface area contributed by atoms with E-state index in [4.69, 9.17) is 4.74 Å². The lowest BCUT2D eigenvalue weighted by Crippen LogP contribution is -2.44. The number of nitrogens with one attached hydrogen (secondary N) is 1. The van der Waals surface area contributed by atoms with E-state index < -0.39 is 0 Å². The summed E-state index contributed by atoms with van der Waals surface area (Å²) in [6.07, 6.45) is 43.0. The molecule has 0 aliphatic carbocycles. The molecule has 0 saturated carbocycles. The van der Waals surface area contributed by atoms with Gasteiger partial charge >= 0.3 is 0 Å². The van der Waals surface area contributed by atoms with E-state index in [9.17, 15) is 4.79 Å². The Kier molecular flexibility index (Phi) is 22.3. The van der Waals surface area contributed by atoms with Crippen LogP contribution in [0.2, 0.25) is 0 Å². The smallest absolute Gasteiger partial charge is 0.271 e. The summed E-state index contributed by atoms with van der Waals surface area (Å²) in [6, 6.07) is 6.10. The minimum atomic E-state index is -0.0201. The van der Waals surface area contributed by atoms with E-state index in [0.717, 1.165) is 41.3 Å². The van der Waals surface area contributed by atoms with Gasteiger partial charge in [0.15, 0.2) is 0 Å². The average Bonchev–Trinajstić information content (AvgIpc) is 3.57. The van der Waals surface area contributed by atoms with Crippen LogP contribution in [-0.2, 0) is 0 Å². The third-order valence-corrected chi connectivity index (χ3v) is 12.9. The highest BCUT2D eigenvalue weighted by atomic mass is 32.1. The predicted octanol–water partition coefficient (Wildman–Crippen LogP) is 13.4. The van der Waals surface area contributed by atoms with Crippen molar-refractivity contribution in [2.45, 2.75) is 205 Å². The number of fused-ring (bicyclic) bond motifs is 4. The second-order valence-electron chi connectivity index (χ2n) is 16.4. The first kappa shape index (κ1) is 42.1. The molecule has 4 rings (SSSR count). The number of aromatic nitrogens is 1. The molecule has 5 nitrogen and oxygen atoms in total. The Bertz CT molecular complexity index is 1170. The number of methoxy groups -OCH3 is 1. The summed E-state index contributed by atoms with van der Waals surface area (Å²) in [6.45, 7) is 3.30. The third-order valence-electron chi connectivity index (χ3n) is 12.1. The number of hydrogen-bond donors (Lipinski definition) is 1. The van der Waals surface area contributed by atoms with Crippen molar-refractivity contribution in [3.8, 4) is 5.75 Å². The van der Waals surface area contributed by atoms with Crippen LogP contribution in [0.1, 0.15) is 210 Å². The van der Waals surface area contributed by atoms with E-state index in [-0.39, 0.29) is 11.9 Å². The maximum absolute atomic E-state index is 13.9. The number of carbonyl (C=O) groups is 1. The molecule has 1 amide bonds. The summed E-state index contributed by atoms with van der Waals surface area (Å²) in [4.78, 5) is 16.6. The molecule has 6 heteroatoms. The lowest BCUT2D eigenvalue weighted by Gasteiger charge is -2.30. The molecule has 1 N–H and O–H groups in total. The standard InChI is InChI=1S/C45H77N3O2S/c1-50-41-32-33-43-42(37-41)44(47-51-43)45(49)46-40-31-27-23-19-15-14-18-22-26-30-39-29-25-21-17-13-11-9-7-5-3-2-4-6-8-10-12-16-20-24-28-35-48(38-40)36-34-39/h32-33,37,39-40H,2-31,34-36,38H2,1H3,(H,46,49)/t39?,40-/m0/s1. The van der Waals surface area contributed by atoms with Gasteiger partial charge < -0.3 is 15.0 Å². The first-order valence-electron chi connectivity index (χ1n) is 22.2. The molecule has 2 aliphatic heterocycles. The Balaban J connectivity index is 1.41. The van der Waals surface area contributed by atoms with Crippen molar-refractivity contribution in [2.75, 3.05) is 26.7 Å². The van der Waals surface area contributed by atoms with Gasteiger partial charge in [0, 0.05) is 18.0 Å². The first-order chi connectivity index (χ1) is 25.2. The zero-order valence-corrected chi connectivity index (χ0v) is 33.9. The van der Waals surface area contributed by atoms with Crippen LogP contribution in [0.5, 0.6) is 5.75 Å². The second-order valence-corrected chi connectivity index (χ2v) is 17.2. The fourth-order valence-corrected chi connectivity index (χ4v) is 9.49. The van der Waals surface area contributed by atoms with E-state index in [0.29, 0.717) is 5.69 Å². The maximum atomic E-state index is 13.9. The van der Waals surface area contributed by atoms with E-state index >= 15 is 0 Å². The van der Waals surface area contributed by atoms with Crippen LogP contribution in [0.4, 0.5) is 0 Å². The van der Waals surface area contributed by atoms with Gasteiger partial charge in [0.25, 0.3) is 5.91 Å².